The third-order valence-corrected chi connectivity index (χ3v) is 5.17. The molecule has 1 saturated heterocycles. The molecular weight excluding hydrogens is 433 g/mol. The molecule has 6 nitrogen and oxygen atoms in total. The van der Waals surface area contributed by atoms with Crippen molar-refractivity contribution in [2.75, 3.05) is 31.1 Å². The van der Waals surface area contributed by atoms with Crippen LogP contribution in [0.5, 0.6) is 5.75 Å². The van der Waals surface area contributed by atoms with E-state index in [0.29, 0.717) is 24.6 Å². The quantitative estimate of drug-likeness (QED) is 0.603. The number of hydrogen-bond donors (Lipinski definition) is 1. The van der Waals surface area contributed by atoms with E-state index < -0.39 is 17.6 Å². The summed E-state index contributed by atoms with van der Waals surface area (Å²) in [7, 11) is 0. The van der Waals surface area contributed by atoms with Crippen molar-refractivity contribution in [1.29, 1.82) is 0 Å². The van der Waals surface area contributed by atoms with E-state index in [1.165, 1.54) is 23.1 Å². The Morgan fingerprint density at radius 1 is 0.879 bits per heavy atom. The second kappa shape index (κ2) is 9.20. The summed E-state index contributed by atoms with van der Waals surface area (Å²) in [6.45, 7) is 1.32. The number of phenols is 1. The van der Waals surface area contributed by atoms with Crippen molar-refractivity contribution < 1.29 is 23.1 Å². The zero-order valence-corrected chi connectivity index (χ0v) is 17.4. The highest BCUT2D eigenvalue weighted by Gasteiger charge is 2.36. The molecule has 0 atom stereocenters. The zero-order chi connectivity index (χ0) is 23.4. The van der Waals surface area contributed by atoms with Gasteiger partial charge >= 0.3 is 6.18 Å². The fourth-order valence-electron chi connectivity index (χ4n) is 3.43. The predicted molar refractivity (Wildman–Crippen MR) is 116 cm³/mol. The topological polar surface area (TPSA) is 69.6 Å². The van der Waals surface area contributed by atoms with Crippen molar-refractivity contribution in [3.05, 3.63) is 83.2 Å². The average Bonchev–Trinajstić information content (AvgIpc) is 2.83. The summed E-state index contributed by atoms with van der Waals surface area (Å²) in [6.07, 6.45) is -1.41. The number of anilines is 1. The minimum Gasteiger partial charge on any atom is -0.508 e. The monoisotopic (exact) mass is 452 g/mol. The molecule has 1 aliphatic heterocycles. The number of nitrogens with zero attached hydrogens (tertiary/aromatic N) is 4. The molecule has 4 rings (SSSR count). The van der Waals surface area contributed by atoms with Gasteiger partial charge in [-0.05, 0) is 36.4 Å². The maximum absolute atomic E-state index is 13.2. The molecule has 1 amide bonds. The van der Waals surface area contributed by atoms with Gasteiger partial charge in [-0.15, -0.1) is 0 Å². The number of aromatic hydroxyl groups is 1. The minimum atomic E-state index is -4.59. The van der Waals surface area contributed by atoms with Crippen LogP contribution in [0.25, 0.3) is 0 Å². The van der Waals surface area contributed by atoms with Gasteiger partial charge in [-0.3, -0.25) is 4.79 Å². The molecule has 0 unspecified atom stereocenters. The van der Waals surface area contributed by atoms with Crippen molar-refractivity contribution in [3.63, 3.8) is 0 Å². The predicted octanol–water partition coefficient (Wildman–Crippen LogP) is 3.56. The molecule has 2 aromatic carbocycles. The number of alkyl halides is 3. The molecule has 168 valence electrons. The van der Waals surface area contributed by atoms with Gasteiger partial charge < -0.3 is 14.9 Å². The molecule has 0 bridgehead atoms. The first-order chi connectivity index (χ1) is 15.8. The molecule has 33 heavy (non-hydrogen) atoms. The van der Waals surface area contributed by atoms with Crippen molar-refractivity contribution in [2.24, 2.45) is 0 Å². The molecule has 2 heterocycles. The molecule has 0 radical (unpaired) electrons. The molecule has 0 spiro atoms. The van der Waals surface area contributed by atoms with E-state index in [-0.39, 0.29) is 24.4 Å². The Morgan fingerprint density at radius 3 is 2.12 bits per heavy atom. The normalized spacial score (nSPS) is 13.9. The highest BCUT2D eigenvalue weighted by molar-refractivity contribution is 5.96. The summed E-state index contributed by atoms with van der Waals surface area (Å²) in [6, 6.07) is 11.3. The summed E-state index contributed by atoms with van der Waals surface area (Å²) >= 11 is 0. The van der Waals surface area contributed by atoms with E-state index in [2.05, 4.69) is 21.8 Å². The number of rotatable bonds is 2. The summed E-state index contributed by atoms with van der Waals surface area (Å²) in [5.41, 5.74) is 0.0881. The molecule has 1 aliphatic rings. The van der Waals surface area contributed by atoms with Gasteiger partial charge in [0.15, 0.2) is 0 Å². The molecule has 9 heteroatoms. The van der Waals surface area contributed by atoms with Crippen LogP contribution < -0.4 is 4.90 Å². The number of carbonyl (C=O) groups is 1. The van der Waals surface area contributed by atoms with E-state index in [1.807, 2.05) is 4.90 Å². The van der Waals surface area contributed by atoms with Gasteiger partial charge in [0, 0.05) is 44.1 Å². The van der Waals surface area contributed by atoms with Crippen LogP contribution in [0.4, 0.5) is 19.1 Å². The molecule has 1 aromatic heterocycles. The molecule has 0 aliphatic carbocycles. The van der Waals surface area contributed by atoms with Crippen LogP contribution in [0, 0.1) is 11.8 Å². The number of benzene rings is 2. The van der Waals surface area contributed by atoms with Gasteiger partial charge in [0.1, 0.15) is 5.75 Å². The number of amides is 1. The van der Waals surface area contributed by atoms with Crippen molar-refractivity contribution in [1.82, 2.24) is 14.9 Å². The second-order valence-corrected chi connectivity index (χ2v) is 7.39. The third kappa shape index (κ3) is 5.23. The molecule has 1 N–H and O–H groups in total. The highest BCUT2D eigenvalue weighted by atomic mass is 19.4. The lowest BCUT2D eigenvalue weighted by atomic mass is 10.1. The van der Waals surface area contributed by atoms with Crippen LogP contribution in [0.1, 0.15) is 27.0 Å². The van der Waals surface area contributed by atoms with Crippen LogP contribution >= 0.6 is 0 Å². The Balaban J connectivity index is 1.39. The van der Waals surface area contributed by atoms with E-state index in [0.717, 1.165) is 11.6 Å². The van der Waals surface area contributed by atoms with Gasteiger partial charge in [0.25, 0.3) is 5.91 Å². The van der Waals surface area contributed by atoms with Crippen LogP contribution in [0.2, 0.25) is 0 Å². The molecular formula is C24H19F3N4O2. The number of aromatic nitrogens is 2. The van der Waals surface area contributed by atoms with E-state index in [1.54, 1.807) is 36.7 Å². The Kier molecular flexibility index (Phi) is 6.18. The van der Waals surface area contributed by atoms with E-state index in [9.17, 15) is 23.1 Å². The molecule has 3 aromatic rings. The summed E-state index contributed by atoms with van der Waals surface area (Å²) < 4.78 is 39.7. The van der Waals surface area contributed by atoms with Gasteiger partial charge in [-0.1, -0.05) is 24.0 Å². The van der Waals surface area contributed by atoms with Gasteiger partial charge in [0.2, 0.25) is 5.95 Å². The Morgan fingerprint density at radius 2 is 1.48 bits per heavy atom. The molecule has 0 saturated carbocycles. The van der Waals surface area contributed by atoms with Gasteiger partial charge in [-0.2, -0.15) is 13.2 Å². The van der Waals surface area contributed by atoms with E-state index >= 15 is 0 Å². The van der Waals surface area contributed by atoms with Crippen LogP contribution in [-0.4, -0.2) is 52.1 Å². The fourth-order valence-corrected chi connectivity index (χ4v) is 3.43. The van der Waals surface area contributed by atoms with Crippen LogP contribution in [0.15, 0.2) is 60.9 Å². The maximum atomic E-state index is 13.2. The maximum Gasteiger partial charge on any atom is 0.417 e. The zero-order valence-electron chi connectivity index (χ0n) is 17.4. The average molecular weight is 452 g/mol. The summed E-state index contributed by atoms with van der Waals surface area (Å²) in [5, 5.41) is 9.31. The largest absolute Gasteiger partial charge is 0.508 e. The first kappa shape index (κ1) is 22.1. The number of piperazine rings is 1. The van der Waals surface area contributed by atoms with Crippen molar-refractivity contribution in [3.8, 4) is 17.6 Å². The van der Waals surface area contributed by atoms with Crippen LogP contribution in [0.3, 0.4) is 0 Å². The SMILES string of the molecule is O=C(c1ccccc1C(F)(F)F)N1CCN(c2ncc(C#Cc3ccc(O)cc3)cn2)CC1. The van der Waals surface area contributed by atoms with Gasteiger partial charge in [-0.25, -0.2) is 9.97 Å². The Hall–Kier alpha value is -4.06. The minimum absolute atomic E-state index is 0.166. The fraction of sp³-hybridized carbons (Fsp3) is 0.208. The van der Waals surface area contributed by atoms with Crippen molar-refractivity contribution in [2.45, 2.75) is 6.18 Å². The third-order valence-electron chi connectivity index (χ3n) is 5.17. The summed E-state index contributed by atoms with van der Waals surface area (Å²) in [4.78, 5) is 24.6. The first-order valence-corrected chi connectivity index (χ1v) is 10.1. The number of hydrogen-bond acceptors (Lipinski definition) is 5. The lowest BCUT2D eigenvalue weighted by molar-refractivity contribution is -0.138. The number of carbonyl (C=O) groups excluding carboxylic acids is 1. The smallest absolute Gasteiger partial charge is 0.417 e. The lowest BCUT2D eigenvalue weighted by Crippen LogP contribution is -2.49. The van der Waals surface area contributed by atoms with E-state index in [4.69, 9.17) is 0 Å². The molecule has 1 fully saturated rings. The lowest BCUT2D eigenvalue weighted by Gasteiger charge is -2.35. The van der Waals surface area contributed by atoms with Crippen LogP contribution in [-0.2, 0) is 6.18 Å². The van der Waals surface area contributed by atoms with Gasteiger partial charge in [0.05, 0.1) is 16.7 Å². The first-order valence-electron chi connectivity index (χ1n) is 10.1. The number of halogens is 3. The standard InChI is InChI=1S/C24H19F3N4O2/c25-24(26,27)21-4-2-1-3-20(21)22(33)30-11-13-31(14-12-30)23-28-15-18(16-29-23)6-5-17-7-9-19(32)10-8-17/h1-4,7-10,15-16,32H,11-14H2. The Labute approximate surface area is 188 Å². The number of phenolic OH excluding ortho intramolecular Hbond substituents is 1. The second-order valence-electron chi connectivity index (χ2n) is 7.39. The summed E-state index contributed by atoms with van der Waals surface area (Å²) in [5.74, 6) is 5.90. The Bertz CT molecular complexity index is 1190. The van der Waals surface area contributed by atoms with Crippen molar-refractivity contribution >= 4 is 11.9 Å². The highest BCUT2D eigenvalue weighted by Crippen LogP contribution is 2.32.